The Kier molecular flexibility index (Phi) is 4.74. The Morgan fingerprint density at radius 2 is 1.75 bits per heavy atom. The number of carbonyl (C=O) groups is 1. The molecule has 0 spiro atoms. The zero-order valence-corrected chi connectivity index (χ0v) is 12.3. The van der Waals surface area contributed by atoms with Crippen molar-refractivity contribution in [1.29, 1.82) is 0 Å². The smallest absolute Gasteiger partial charge is 0.241 e. The number of likely N-dealkylation sites (N-methyl/N-ethyl adjacent to an activating group) is 1. The minimum absolute atomic E-state index is 0.172. The first kappa shape index (κ1) is 15.0. The fourth-order valence-electron chi connectivity index (χ4n) is 2.01. The Morgan fingerprint density at radius 1 is 1.15 bits per heavy atom. The Hall–Kier alpha value is -1.44. The molecule has 1 fully saturated rings. The maximum Gasteiger partial charge on any atom is 0.241 e. The van der Waals surface area contributed by atoms with Crippen molar-refractivity contribution in [2.45, 2.75) is 4.90 Å². The molecule has 20 heavy (non-hydrogen) atoms. The van der Waals surface area contributed by atoms with Crippen LogP contribution in [-0.2, 0) is 14.8 Å². The lowest BCUT2D eigenvalue weighted by atomic mass is 10.3. The molecule has 0 bridgehead atoms. The molecule has 0 saturated carbocycles. The van der Waals surface area contributed by atoms with Crippen LogP contribution in [0.3, 0.4) is 0 Å². The first-order chi connectivity index (χ1) is 9.49. The van der Waals surface area contributed by atoms with E-state index in [1.54, 1.807) is 23.1 Å². The molecule has 6 nitrogen and oxygen atoms in total. The second-order valence-corrected chi connectivity index (χ2v) is 6.59. The van der Waals surface area contributed by atoms with E-state index in [1.165, 1.54) is 12.1 Å². The van der Waals surface area contributed by atoms with Crippen LogP contribution in [0.2, 0.25) is 0 Å². The highest BCUT2D eigenvalue weighted by atomic mass is 32.2. The maximum absolute atomic E-state index is 12.0. The van der Waals surface area contributed by atoms with Gasteiger partial charge in [-0.25, -0.2) is 13.1 Å². The number of carbonyl (C=O) groups excluding carboxylic acids is 1. The average molecular weight is 297 g/mol. The van der Waals surface area contributed by atoms with Crippen LogP contribution in [0.1, 0.15) is 0 Å². The van der Waals surface area contributed by atoms with Crippen LogP contribution in [0.4, 0.5) is 0 Å². The van der Waals surface area contributed by atoms with Crippen LogP contribution in [0.15, 0.2) is 35.2 Å². The molecule has 1 N–H and O–H groups in total. The summed E-state index contributed by atoms with van der Waals surface area (Å²) in [7, 11) is -1.61. The van der Waals surface area contributed by atoms with E-state index >= 15 is 0 Å². The Bertz CT molecular complexity index is 551. The van der Waals surface area contributed by atoms with Gasteiger partial charge < -0.3 is 9.80 Å². The molecule has 1 aromatic rings. The summed E-state index contributed by atoms with van der Waals surface area (Å²) >= 11 is 0. The first-order valence-corrected chi connectivity index (χ1v) is 7.98. The largest absolute Gasteiger partial charge is 0.339 e. The molecule has 1 heterocycles. The van der Waals surface area contributed by atoms with Crippen LogP contribution in [-0.4, -0.2) is 63.9 Å². The van der Waals surface area contributed by atoms with E-state index in [0.717, 1.165) is 13.1 Å². The molecule has 1 aliphatic rings. The predicted molar refractivity (Wildman–Crippen MR) is 75.7 cm³/mol. The summed E-state index contributed by atoms with van der Waals surface area (Å²) in [6, 6.07) is 8.05. The SMILES string of the molecule is CN1CCN(C(=O)CNS(=O)(=O)c2ccccc2)CC1. The molecule has 1 aromatic carbocycles. The van der Waals surface area contributed by atoms with Crippen molar-refractivity contribution >= 4 is 15.9 Å². The van der Waals surface area contributed by atoms with Gasteiger partial charge in [-0.05, 0) is 19.2 Å². The van der Waals surface area contributed by atoms with Crippen molar-refractivity contribution in [2.24, 2.45) is 0 Å². The number of nitrogens with one attached hydrogen (secondary N) is 1. The van der Waals surface area contributed by atoms with Gasteiger partial charge in [0.1, 0.15) is 0 Å². The van der Waals surface area contributed by atoms with E-state index in [2.05, 4.69) is 9.62 Å². The molecule has 0 aliphatic carbocycles. The molecule has 0 aromatic heterocycles. The highest BCUT2D eigenvalue weighted by Gasteiger charge is 2.21. The lowest BCUT2D eigenvalue weighted by Gasteiger charge is -2.32. The van der Waals surface area contributed by atoms with Crippen molar-refractivity contribution < 1.29 is 13.2 Å². The lowest BCUT2D eigenvalue weighted by molar-refractivity contribution is -0.131. The summed E-state index contributed by atoms with van der Waals surface area (Å²) < 4.78 is 26.3. The quantitative estimate of drug-likeness (QED) is 0.831. The number of rotatable bonds is 4. The molecule has 2 rings (SSSR count). The van der Waals surface area contributed by atoms with Gasteiger partial charge in [-0.1, -0.05) is 18.2 Å². The molecular formula is C13H19N3O3S. The molecule has 7 heteroatoms. The third kappa shape index (κ3) is 3.78. The van der Waals surface area contributed by atoms with E-state index in [4.69, 9.17) is 0 Å². The van der Waals surface area contributed by atoms with E-state index in [-0.39, 0.29) is 17.3 Å². The number of nitrogens with zero attached hydrogens (tertiary/aromatic N) is 2. The number of benzene rings is 1. The Labute approximate surface area is 119 Å². The molecular weight excluding hydrogens is 278 g/mol. The summed E-state index contributed by atoms with van der Waals surface area (Å²) in [5.41, 5.74) is 0. The summed E-state index contributed by atoms with van der Waals surface area (Å²) in [5.74, 6) is -0.183. The first-order valence-electron chi connectivity index (χ1n) is 6.50. The highest BCUT2D eigenvalue weighted by molar-refractivity contribution is 7.89. The molecule has 0 radical (unpaired) electrons. The number of amides is 1. The highest BCUT2D eigenvalue weighted by Crippen LogP contribution is 2.07. The van der Waals surface area contributed by atoms with Crippen LogP contribution in [0.5, 0.6) is 0 Å². The zero-order valence-electron chi connectivity index (χ0n) is 11.4. The van der Waals surface area contributed by atoms with Gasteiger partial charge in [0, 0.05) is 26.2 Å². The molecule has 0 unspecified atom stereocenters. The zero-order chi connectivity index (χ0) is 14.6. The van der Waals surface area contributed by atoms with Crippen LogP contribution >= 0.6 is 0 Å². The summed E-state index contributed by atoms with van der Waals surface area (Å²) in [6.45, 7) is 2.72. The van der Waals surface area contributed by atoms with Crippen molar-refractivity contribution in [3.63, 3.8) is 0 Å². The minimum Gasteiger partial charge on any atom is -0.339 e. The summed E-state index contributed by atoms with van der Waals surface area (Å²) in [5, 5.41) is 0. The minimum atomic E-state index is -3.61. The standard InChI is InChI=1S/C13H19N3O3S/c1-15-7-9-16(10-8-15)13(17)11-14-20(18,19)12-5-3-2-4-6-12/h2-6,14H,7-11H2,1H3. The monoisotopic (exact) mass is 297 g/mol. The third-order valence-corrected chi connectivity index (χ3v) is 4.74. The van der Waals surface area contributed by atoms with E-state index in [1.807, 2.05) is 7.05 Å². The molecule has 110 valence electrons. The van der Waals surface area contributed by atoms with Gasteiger partial charge in [-0.15, -0.1) is 0 Å². The van der Waals surface area contributed by atoms with Gasteiger partial charge >= 0.3 is 0 Å². The van der Waals surface area contributed by atoms with E-state index in [9.17, 15) is 13.2 Å². The van der Waals surface area contributed by atoms with E-state index in [0.29, 0.717) is 13.1 Å². The van der Waals surface area contributed by atoms with Crippen molar-refractivity contribution in [3.05, 3.63) is 30.3 Å². The van der Waals surface area contributed by atoms with Gasteiger partial charge in [0.2, 0.25) is 15.9 Å². The van der Waals surface area contributed by atoms with Gasteiger partial charge in [0.15, 0.2) is 0 Å². The summed E-state index contributed by atoms with van der Waals surface area (Å²) in [6.07, 6.45) is 0. The number of sulfonamides is 1. The molecule has 0 atom stereocenters. The van der Waals surface area contributed by atoms with Crippen LogP contribution in [0, 0.1) is 0 Å². The number of hydrogen-bond acceptors (Lipinski definition) is 4. The number of hydrogen-bond donors (Lipinski definition) is 1. The molecule has 1 amide bonds. The van der Waals surface area contributed by atoms with Crippen molar-refractivity contribution in [2.75, 3.05) is 39.8 Å². The normalized spacial score (nSPS) is 17.1. The predicted octanol–water partition coefficient (Wildman–Crippen LogP) is -0.261. The molecule has 1 saturated heterocycles. The Morgan fingerprint density at radius 3 is 2.35 bits per heavy atom. The van der Waals surface area contributed by atoms with Gasteiger partial charge in [-0.2, -0.15) is 0 Å². The number of piperazine rings is 1. The second-order valence-electron chi connectivity index (χ2n) is 4.82. The van der Waals surface area contributed by atoms with Gasteiger partial charge in [0.05, 0.1) is 11.4 Å². The Balaban J connectivity index is 1.90. The van der Waals surface area contributed by atoms with Crippen molar-refractivity contribution in [1.82, 2.24) is 14.5 Å². The maximum atomic E-state index is 12.0. The lowest BCUT2D eigenvalue weighted by Crippen LogP contribution is -2.50. The van der Waals surface area contributed by atoms with Crippen molar-refractivity contribution in [3.8, 4) is 0 Å². The average Bonchev–Trinajstić information content (AvgIpc) is 2.46. The molecule has 1 aliphatic heterocycles. The second kappa shape index (κ2) is 6.34. The fourth-order valence-corrected chi connectivity index (χ4v) is 3.00. The fraction of sp³-hybridized carbons (Fsp3) is 0.462. The topological polar surface area (TPSA) is 69.7 Å². The third-order valence-electron chi connectivity index (χ3n) is 3.32. The van der Waals surface area contributed by atoms with Crippen LogP contribution < -0.4 is 4.72 Å². The summed E-state index contributed by atoms with van der Waals surface area (Å²) in [4.78, 5) is 16.0. The van der Waals surface area contributed by atoms with Gasteiger partial charge in [-0.3, -0.25) is 4.79 Å². The van der Waals surface area contributed by atoms with Gasteiger partial charge in [0.25, 0.3) is 0 Å². The van der Waals surface area contributed by atoms with Crippen LogP contribution in [0.25, 0.3) is 0 Å². The van der Waals surface area contributed by atoms with E-state index < -0.39 is 10.0 Å².